The quantitative estimate of drug-likeness (QED) is 0.850. The lowest BCUT2D eigenvalue weighted by atomic mass is 10.2. The minimum absolute atomic E-state index is 0.163. The van der Waals surface area contributed by atoms with E-state index >= 15 is 0 Å². The summed E-state index contributed by atoms with van der Waals surface area (Å²) in [6.45, 7) is 5.51. The number of aromatic nitrogens is 4. The van der Waals surface area contributed by atoms with Crippen molar-refractivity contribution in [3.8, 4) is 5.69 Å². The van der Waals surface area contributed by atoms with E-state index in [-0.39, 0.29) is 11.9 Å². The molecule has 1 atom stereocenters. The predicted molar refractivity (Wildman–Crippen MR) is 89.4 cm³/mol. The van der Waals surface area contributed by atoms with Crippen molar-refractivity contribution in [1.29, 1.82) is 0 Å². The van der Waals surface area contributed by atoms with Gasteiger partial charge in [-0.15, -0.1) is 5.10 Å². The summed E-state index contributed by atoms with van der Waals surface area (Å²) in [5, 5.41) is 4.07. The van der Waals surface area contributed by atoms with Gasteiger partial charge in [-0.2, -0.15) is 9.67 Å². The monoisotopic (exact) mass is 314 g/mol. The zero-order chi connectivity index (χ0) is 16.0. The second-order valence-electron chi connectivity index (χ2n) is 6.38. The van der Waals surface area contributed by atoms with Crippen LogP contribution in [0.1, 0.15) is 19.8 Å². The fourth-order valence-corrected chi connectivity index (χ4v) is 3.30. The second kappa shape index (κ2) is 5.38. The van der Waals surface area contributed by atoms with Gasteiger partial charge >= 0.3 is 0 Å². The highest BCUT2D eigenvalue weighted by Crippen LogP contribution is 2.30. The van der Waals surface area contributed by atoms with Crippen molar-refractivity contribution in [3.05, 3.63) is 18.3 Å². The number of hydrogen-bond donors (Lipinski definition) is 2. The summed E-state index contributed by atoms with van der Waals surface area (Å²) in [5.74, 6) is 1.42. The van der Waals surface area contributed by atoms with Gasteiger partial charge in [0, 0.05) is 31.7 Å². The third kappa shape index (κ3) is 2.70. The van der Waals surface area contributed by atoms with Crippen LogP contribution < -0.4 is 16.4 Å². The van der Waals surface area contributed by atoms with E-state index in [4.69, 9.17) is 11.5 Å². The van der Waals surface area contributed by atoms with E-state index in [9.17, 15) is 0 Å². The van der Waals surface area contributed by atoms with Crippen LogP contribution in [-0.2, 0) is 0 Å². The maximum absolute atomic E-state index is 5.79. The van der Waals surface area contributed by atoms with Crippen LogP contribution in [0.4, 0.5) is 17.7 Å². The first kappa shape index (κ1) is 14.3. The van der Waals surface area contributed by atoms with Crippen LogP contribution >= 0.6 is 0 Å². The average Bonchev–Trinajstić information content (AvgIpc) is 3.33. The molecule has 1 saturated heterocycles. The van der Waals surface area contributed by atoms with Crippen molar-refractivity contribution in [3.63, 3.8) is 0 Å². The van der Waals surface area contributed by atoms with Crippen LogP contribution in [0.5, 0.6) is 0 Å². The Hall–Kier alpha value is -2.35. The molecule has 0 radical (unpaired) electrons. The molecule has 122 valence electrons. The van der Waals surface area contributed by atoms with Crippen LogP contribution in [0.15, 0.2) is 18.3 Å². The first-order chi connectivity index (χ1) is 11.1. The zero-order valence-corrected chi connectivity index (χ0v) is 13.3. The maximum Gasteiger partial charge on any atom is 0.241 e. The average molecular weight is 314 g/mol. The molecule has 1 aliphatic carbocycles. The number of rotatable bonds is 3. The fraction of sp³-hybridized carbons (Fsp3) is 0.533. The summed E-state index contributed by atoms with van der Waals surface area (Å²) in [5.41, 5.74) is 12.1. The van der Waals surface area contributed by atoms with Crippen LogP contribution in [0, 0.1) is 0 Å². The van der Waals surface area contributed by atoms with Crippen molar-refractivity contribution in [2.45, 2.75) is 31.8 Å². The zero-order valence-electron chi connectivity index (χ0n) is 13.3. The van der Waals surface area contributed by atoms with E-state index in [2.05, 4.69) is 31.8 Å². The molecule has 0 aromatic carbocycles. The van der Waals surface area contributed by atoms with E-state index in [0.29, 0.717) is 6.04 Å². The molecular formula is C15H22N8. The van der Waals surface area contributed by atoms with Crippen LogP contribution in [-0.4, -0.2) is 56.4 Å². The van der Waals surface area contributed by atoms with E-state index in [1.165, 1.54) is 17.5 Å². The molecule has 8 nitrogen and oxygen atoms in total. The summed E-state index contributed by atoms with van der Waals surface area (Å²) >= 11 is 0. The molecule has 1 saturated carbocycles. The van der Waals surface area contributed by atoms with Crippen molar-refractivity contribution < 1.29 is 0 Å². The fourth-order valence-electron chi connectivity index (χ4n) is 3.30. The first-order valence-electron chi connectivity index (χ1n) is 8.07. The van der Waals surface area contributed by atoms with Crippen molar-refractivity contribution in [2.75, 3.05) is 36.0 Å². The molecule has 0 bridgehead atoms. The normalized spacial score (nSPS) is 22.5. The summed E-state index contributed by atoms with van der Waals surface area (Å²) in [4.78, 5) is 13.5. The molecule has 1 unspecified atom stereocenters. The van der Waals surface area contributed by atoms with Gasteiger partial charge in [0.2, 0.25) is 11.9 Å². The largest absolute Gasteiger partial charge is 0.368 e. The molecule has 2 aromatic rings. The second-order valence-corrected chi connectivity index (χ2v) is 6.38. The van der Waals surface area contributed by atoms with Gasteiger partial charge in [0.15, 0.2) is 0 Å². The maximum atomic E-state index is 5.79. The number of nitrogens with zero attached hydrogens (tertiary/aromatic N) is 6. The van der Waals surface area contributed by atoms with Crippen LogP contribution in [0.2, 0.25) is 0 Å². The molecule has 0 amide bonds. The lowest BCUT2D eigenvalue weighted by Crippen LogP contribution is -2.52. The Morgan fingerprint density at radius 1 is 1.17 bits per heavy atom. The molecule has 4 rings (SSSR count). The molecule has 4 N–H and O–H groups in total. The number of anilines is 3. The smallest absolute Gasteiger partial charge is 0.241 e. The number of nitrogens with two attached hydrogens (primary N) is 2. The van der Waals surface area contributed by atoms with Crippen molar-refractivity contribution in [2.24, 2.45) is 0 Å². The number of pyridine rings is 1. The molecule has 23 heavy (non-hydrogen) atoms. The Balaban J connectivity index is 1.50. The van der Waals surface area contributed by atoms with E-state index < -0.39 is 0 Å². The number of piperazine rings is 1. The lowest BCUT2D eigenvalue weighted by molar-refractivity contribution is 0.219. The van der Waals surface area contributed by atoms with E-state index in [0.717, 1.165) is 37.2 Å². The van der Waals surface area contributed by atoms with Crippen LogP contribution in [0.3, 0.4) is 0 Å². The molecular weight excluding hydrogens is 292 g/mol. The Labute approximate surface area is 135 Å². The lowest BCUT2D eigenvalue weighted by Gasteiger charge is -2.40. The minimum atomic E-state index is 0.163. The summed E-state index contributed by atoms with van der Waals surface area (Å²) in [6, 6.07) is 5.26. The van der Waals surface area contributed by atoms with Crippen molar-refractivity contribution >= 4 is 17.7 Å². The van der Waals surface area contributed by atoms with Gasteiger partial charge in [0.1, 0.15) is 5.82 Å². The van der Waals surface area contributed by atoms with Crippen LogP contribution in [0.25, 0.3) is 5.69 Å². The molecule has 3 heterocycles. The summed E-state index contributed by atoms with van der Waals surface area (Å²) < 4.78 is 1.50. The Bertz CT molecular complexity index is 690. The third-order valence-electron chi connectivity index (χ3n) is 4.64. The van der Waals surface area contributed by atoms with Gasteiger partial charge in [-0.3, -0.25) is 4.90 Å². The van der Waals surface area contributed by atoms with Gasteiger partial charge in [-0.05, 0) is 31.9 Å². The SMILES string of the molecule is CC1CN(C2CC2)CCN1c1ccc(-n2nc(N)nc2N)cn1. The Kier molecular flexibility index (Phi) is 3.33. The van der Waals surface area contributed by atoms with Crippen molar-refractivity contribution in [1.82, 2.24) is 24.6 Å². The summed E-state index contributed by atoms with van der Waals surface area (Å²) in [7, 11) is 0. The molecule has 0 spiro atoms. The highest BCUT2D eigenvalue weighted by molar-refractivity contribution is 5.47. The topological polar surface area (TPSA) is 102 Å². The van der Waals surface area contributed by atoms with Gasteiger partial charge in [0.25, 0.3) is 0 Å². The molecule has 2 aliphatic rings. The number of hydrogen-bond acceptors (Lipinski definition) is 7. The molecule has 8 heteroatoms. The first-order valence-corrected chi connectivity index (χ1v) is 8.07. The third-order valence-corrected chi connectivity index (χ3v) is 4.64. The van der Waals surface area contributed by atoms with Gasteiger partial charge < -0.3 is 16.4 Å². The van der Waals surface area contributed by atoms with E-state index in [1.807, 2.05) is 12.1 Å². The van der Waals surface area contributed by atoms with Gasteiger partial charge in [-0.1, -0.05) is 0 Å². The van der Waals surface area contributed by atoms with Gasteiger partial charge in [0.05, 0.1) is 11.9 Å². The van der Waals surface area contributed by atoms with E-state index in [1.54, 1.807) is 6.20 Å². The van der Waals surface area contributed by atoms with Gasteiger partial charge in [-0.25, -0.2) is 4.98 Å². The Morgan fingerprint density at radius 2 is 2.00 bits per heavy atom. The highest BCUT2D eigenvalue weighted by Gasteiger charge is 2.34. The molecule has 2 aromatic heterocycles. The standard InChI is InChI=1S/C15H22N8/c1-10-9-21(11-2-3-11)6-7-22(10)13-5-4-12(8-18-13)23-15(17)19-14(16)20-23/h4-5,8,10-11H,2-3,6-7,9H2,1H3,(H4,16,17,19,20). The predicted octanol–water partition coefficient (Wildman–Crippen LogP) is 0.500. The number of nitrogen functional groups attached to an aromatic ring is 2. The minimum Gasteiger partial charge on any atom is -0.368 e. The molecule has 1 aliphatic heterocycles. The Morgan fingerprint density at radius 3 is 2.57 bits per heavy atom. The highest BCUT2D eigenvalue weighted by atomic mass is 15.4. The molecule has 2 fully saturated rings. The summed E-state index contributed by atoms with van der Waals surface area (Å²) in [6.07, 6.45) is 4.49.